The van der Waals surface area contributed by atoms with E-state index < -0.39 is 5.97 Å². The molecule has 1 fully saturated rings. The van der Waals surface area contributed by atoms with E-state index in [9.17, 15) is 14.0 Å². The van der Waals surface area contributed by atoms with E-state index in [1.807, 2.05) is 0 Å². The van der Waals surface area contributed by atoms with Gasteiger partial charge in [0.1, 0.15) is 5.82 Å². The molecule has 0 saturated heterocycles. The van der Waals surface area contributed by atoms with Crippen LogP contribution >= 0.6 is 0 Å². The van der Waals surface area contributed by atoms with Gasteiger partial charge in [0.25, 0.3) is 0 Å². The first-order valence-electron chi connectivity index (χ1n) is 7.05. The topological polar surface area (TPSA) is 78.4 Å². The molecule has 21 heavy (non-hydrogen) atoms. The van der Waals surface area contributed by atoms with Crippen molar-refractivity contribution in [2.24, 2.45) is 5.92 Å². The zero-order chi connectivity index (χ0) is 15.2. The maximum Gasteiger partial charge on any atom is 0.315 e. The third kappa shape index (κ3) is 5.41. The maximum absolute atomic E-state index is 12.7. The fraction of sp³-hybridized carbons (Fsp3) is 0.467. The van der Waals surface area contributed by atoms with Crippen LogP contribution in [0.2, 0.25) is 0 Å². The van der Waals surface area contributed by atoms with Crippen LogP contribution < -0.4 is 10.6 Å². The molecule has 1 aromatic carbocycles. The summed E-state index contributed by atoms with van der Waals surface area (Å²) in [4.78, 5) is 22.5. The van der Waals surface area contributed by atoms with Gasteiger partial charge in [0.2, 0.25) is 0 Å². The number of amides is 2. The predicted molar refractivity (Wildman–Crippen MR) is 75.4 cm³/mol. The number of hydrogen-bond acceptors (Lipinski definition) is 2. The van der Waals surface area contributed by atoms with Gasteiger partial charge in [0, 0.05) is 12.6 Å². The van der Waals surface area contributed by atoms with Crippen molar-refractivity contribution in [3.63, 3.8) is 0 Å². The molecule has 1 atom stereocenters. The van der Waals surface area contributed by atoms with Crippen molar-refractivity contribution in [3.05, 3.63) is 35.6 Å². The fourth-order valence-corrected chi connectivity index (χ4v) is 2.21. The zero-order valence-electron chi connectivity index (χ0n) is 11.6. The summed E-state index contributed by atoms with van der Waals surface area (Å²) in [6.07, 6.45) is 2.48. The number of carbonyl (C=O) groups is 2. The van der Waals surface area contributed by atoms with E-state index in [-0.39, 0.29) is 30.2 Å². The van der Waals surface area contributed by atoms with Crippen LogP contribution in [0.5, 0.6) is 0 Å². The van der Waals surface area contributed by atoms with Gasteiger partial charge in [0.05, 0.1) is 6.42 Å². The molecule has 1 unspecified atom stereocenters. The normalized spacial score (nSPS) is 15.3. The summed E-state index contributed by atoms with van der Waals surface area (Å²) in [5, 5.41) is 14.2. The molecule has 1 aliphatic rings. The van der Waals surface area contributed by atoms with Gasteiger partial charge in [-0.05, 0) is 42.9 Å². The lowest BCUT2D eigenvalue weighted by molar-refractivity contribution is -0.137. The SMILES string of the molecule is O=C(O)CC(NC(=O)NCCc1ccc(F)cc1)C1CC1. The molecule has 6 heteroatoms. The molecule has 1 saturated carbocycles. The van der Waals surface area contributed by atoms with E-state index >= 15 is 0 Å². The maximum atomic E-state index is 12.7. The second-order valence-electron chi connectivity index (χ2n) is 5.32. The van der Waals surface area contributed by atoms with Crippen molar-refractivity contribution in [1.29, 1.82) is 0 Å². The molecule has 0 radical (unpaired) electrons. The molecule has 0 spiro atoms. The molecule has 0 heterocycles. The Labute approximate surface area is 122 Å². The van der Waals surface area contributed by atoms with Gasteiger partial charge in [0.15, 0.2) is 0 Å². The minimum absolute atomic E-state index is 0.0456. The standard InChI is InChI=1S/C15H19FN2O3/c16-12-5-1-10(2-6-12)7-8-17-15(21)18-13(9-14(19)20)11-3-4-11/h1-2,5-6,11,13H,3-4,7-9H2,(H,19,20)(H2,17,18,21). The number of halogens is 1. The summed E-state index contributed by atoms with van der Waals surface area (Å²) in [6, 6.07) is 5.46. The van der Waals surface area contributed by atoms with Crippen LogP contribution in [0.15, 0.2) is 24.3 Å². The van der Waals surface area contributed by atoms with Gasteiger partial charge in [-0.2, -0.15) is 0 Å². The summed E-state index contributed by atoms with van der Waals surface area (Å²) in [6.45, 7) is 0.419. The molecule has 2 rings (SSSR count). The van der Waals surface area contributed by atoms with Gasteiger partial charge in [-0.1, -0.05) is 12.1 Å². The average Bonchev–Trinajstić information content (AvgIpc) is 3.24. The Balaban J connectivity index is 1.71. The first-order valence-corrected chi connectivity index (χ1v) is 7.05. The van der Waals surface area contributed by atoms with Crippen molar-refractivity contribution >= 4 is 12.0 Å². The fourth-order valence-electron chi connectivity index (χ4n) is 2.21. The third-order valence-corrected chi connectivity index (χ3v) is 3.51. The van der Waals surface area contributed by atoms with E-state index in [0.717, 1.165) is 18.4 Å². The summed E-state index contributed by atoms with van der Waals surface area (Å²) in [5.74, 6) is -0.909. The van der Waals surface area contributed by atoms with Crippen LogP contribution in [-0.4, -0.2) is 29.7 Å². The molecule has 0 aliphatic heterocycles. The minimum Gasteiger partial charge on any atom is -0.481 e. The molecular weight excluding hydrogens is 275 g/mol. The van der Waals surface area contributed by atoms with Gasteiger partial charge >= 0.3 is 12.0 Å². The number of benzene rings is 1. The van der Waals surface area contributed by atoms with Crippen molar-refractivity contribution in [1.82, 2.24) is 10.6 Å². The van der Waals surface area contributed by atoms with Crippen molar-refractivity contribution in [2.75, 3.05) is 6.54 Å². The summed E-state index contributed by atoms with van der Waals surface area (Å²) >= 11 is 0. The number of nitrogens with one attached hydrogen (secondary N) is 2. The van der Waals surface area contributed by atoms with Gasteiger partial charge in [-0.15, -0.1) is 0 Å². The first kappa shape index (κ1) is 15.3. The largest absolute Gasteiger partial charge is 0.481 e. The van der Waals surface area contributed by atoms with Crippen LogP contribution in [0.4, 0.5) is 9.18 Å². The highest BCUT2D eigenvalue weighted by atomic mass is 19.1. The van der Waals surface area contributed by atoms with E-state index in [4.69, 9.17) is 5.11 Å². The number of urea groups is 1. The lowest BCUT2D eigenvalue weighted by Gasteiger charge is -2.16. The average molecular weight is 294 g/mol. The first-order chi connectivity index (χ1) is 10.0. The van der Waals surface area contributed by atoms with Crippen LogP contribution in [0.25, 0.3) is 0 Å². The number of carboxylic acid groups (broad SMARTS) is 1. The van der Waals surface area contributed by atoms with E-state index in [1.54, 1.807) is 12.1 Å². The van der Waals surface area contributed by atoms with Crippen molar-refractivity contribution < 1.29 is 19.1 Å². The summed E-state index contributed by atoms with van der Waals surface area (Å²) < 4.78 is 12.7. The quantitative estimate of drug-likeness (QED) is 0.719. The lowest BCUT2D eigenvalue weighted by Crippen LogP contribution is -2.44. The predicted octanol–water partition coefficient (Wildman–Crippen LogP) is 1.92. The van der Waals surface area contributed by atoms with E-state index in [0.29, 0.717) is 13.0 Å². The Bertz CT molecular complexity index is 500. The van der Waals surface area contributed by atoms with Gasteiger partial charge in [-0.3, -0.25) is 4.79 Å². The number of rotatable bonds is 7. The molecule has 2 amide bonds. The highest BCUT2D eigenvalue weighted by molar-refractivity contribution is 5.75. The highest BCUT2D eigenvalue weighted by Crippen LogP contribution is 2.33. The lowest BCUT2D eigenvalue weighted by atomic mass is 10.1. The number of carboxylic acids is 1. The summed E-state index contributed by atoms with van der Waals surface area (Å²) in [7, 11) is 0. The molecule has 1 aliphatic carbocycles. The van der Waals surface area contributed by atoms with Crippen molar-refractivity contribution in [2.45, 2.75) is 31.7 Å². The molecule has 5 nitrogen and oxygen atoms in total. The Hall–Kier alpha value is -2.11. The van der Waals surface area contributed by atoms with Crippen LogP contribution in [-0.2, 0) is 11.2 Å². The number of carbonyl (C=O) groups excluding carboxylic acids is 1. The second kappa shape index (κ2) is 7.06. The van der Waals surface area contributed by atoms with E-state index in [2.05, 4.69) is 10.6 Å². The monoisotopic (exact) mass is 294 g/mol. The van der Waals surface area contributed by atoms with E-state index in [1.165, 1.54) is 12.1 Å². The van der Waals surface area contributed by atoms with Crippen molar-refractivity contribution in [3.8, 4) is 0 Å². The zero-order valence-corrected chi connectivity index (χ0v) is 11.6. The molecular formula is C15H19FN2O3. The van der Waals surface area contributed by atoms with Crippen LogP contribution in [0.3, 0.4) is 0 Å². The molecule has 114 valence electrons. The smallest absolute Gasteiger partial charge is 0.315 e. The third-order valence-electron chi connectivity index (χ3n) is 3.51. The Morgan fingerprint density at radius 2 is 1.95 bits per heavy atom. The van der Waals surface area contributed by atoms with Crippen LogP contribution in [0, 0.1) is 11.7 Å². The molecule has 0 aromatic heterocycles. The molecule has 0 bridgehead atoms. The van der Waals surface area contributed by atoms with Crippen LogP contribution in [0.1, 0.15) is 24.8 Å². The number of hydrogen-bond donors (Lipinski definition) is 3. The summed E-state index contributed by atoms with van der Waals surface area (Å²) in [5.41, 5.74) is 0.931. The Morgan fingerprint density at radius 1 is 1.29 bits per heavy atom. The van der Waals surface area contributed by atoms with Gasteiger partial charge < -0.3 is 15.7 Å². The number of aliphatic carboxylic acids is 1. The minimum atomic E-state index is -0.904. The Kier molecular flexibility index (Phi) is 5.14. The highest BCUT2D eigenvalue weighted by Gasteiger charge is 2.33. The molecule has 1 aromatic rings. The van der Waals surface area contributed by atoms with Gasteiger partial charge in [-0.25, -0.2) is 9.18 Å². The molecule has 3 N–H and O–H groups in total. The second-order valence-corrected chi connectivity index (χ2v) is 5.32. The Morgan fingerprint density at radius 3 is 2.52 bits per heavy atom.